The molecule has 4 N–H and O–H groups in total. The topological polar surface area (TPSA) is 155 Å². The van der Waals surface area contributed by atoms with Gasteiger partial charge in [-0.3, -0.25) is 19.4 Å². The molecule has 0 radical (unpaired) electrons. The van der Waals surface area contributed by atoms with Crippen LogP contribution in [0.15, 0.2) is 24.3 Å². The van der Waals surface area contributed by atoms with E-state index in [1.807, 2.05) is 20.8 Å². The maximum atomic E-state index is 13.7. The molecule has 0 bridgehead atoms. The number of fused-ring (bicyclic) bond motifs is 1. The first-order valence-electron chi connectivity index (χ1n) is 11.8. The second-order valence-electron chi connectivity index (χ2n) is 9.76. The molecule has 1 fully saturated rings. The third-order valence-corrected chi connectivity index (χ3v) is 5.96. The number of nitrogens with zero attached hydrogens (tertiary/aromatic N) is 3. The number of piperazine rings is 1. The van der Waals surface area contributed by atoms with Crippen molar-refractivity contribution in [3.8, 4) is 5.75 Å². The van der Waals surface area contributed by atoms with Gasteiger partial charge in [0.25, 0.3) is 5.91 Å². The molecular formula is C25H33N5O6. The van der Waals surface area contributed by atoms with Crippen molar-refractivity contribution in [2.24, 2.45) is 5.73 Å². The van der Waals surface area contributed by atoms with Crippen molar-refractivity contribution in [2.45, 2.75) is 45.1 Å². The highest BCUT2D eigenvalue weighted by molar-refractivity contribution is 6.04. The number of carboxylic acids is 1. The second kappa shape index (κ2) is 10.8. The molecule has 3 rings (SSSR count). The molecule has 0 saturated carbocycles. The Labute approximate surface area is 209 Å². The van der Waals surface area contributed by atoms with Gasteiger partial charge in [-0.1, -0.05) is 12.1 Å². The lowest BCUT2D eigenvalue weighted by molar-refractivity contribution is -0.138. The van der Waals surface area contributed by atoms with Crippen LogP contribution in [-0.4, -0.2) is 82.5 Å². The summed E-state index contributed by atoms with van der Waals surface area (Å²) < 4.78 is 5.51. The highest BCUT2D eigenvalue weighted by atomic mass is 16.5. The quantitative estimate of drug-likeness (QED) is 0.526. The minimum Gasteiger partial charge on any atom is -0.495 e. The van der Waals surface area contributed by atoms with E-state index in [0.29, 0.717) is 24.0 Å². The lowest BCUT2D eigenvalue weighted by Crippen LogP contribution is -2.56. The molecule has 4 amide bonds. The zero-order valence-corrected chi connectivity index (χ0v) is 21.0. The van der Waals surface area contributed by atoms with Gasteiger partial charge in [-0.25, -0.2) is 4.79 Å². The average Bonchev–Trinajstić information content (AvgIpc) is 2.81. The fourth-order valence-electron chi connectivity index (χ4n) is 4.30. The van der Waals surface area contributed by atoms with Gasteiger partial charge >= 0.3 is 12.0 Å². The molecule has 1 aromatic carbocycles. The summed E-state index contributed by atoms with van der Waals surface area (Å²) in [4.78, 5) is 57.9. The first kappa shape index (κ1) is 26.7. The summed E-state index contributed by atoms with van der Waals surface area (Å²) in [6.07, 6.45) is -0.382. The van der Waals surface area contributed by atoms with Crippen LogP contribution in [0.1, 0.15) is 55.6 Å². The number of carbonyl (C=O) groups is 4. The van der Waals surface area contributed by atoms with Gasteiger partial charge in [-0.2, -0.15) is 0 Å². The maximum absolute atomic E-state index is 13.7. The highest BCUT2D eigenvalue weighted by Gasteiger charge is 2.35. The second-order valence-corrected chi connectivity index (χ2v) is 9.76. The Morgan fingerprint density at radius 1 is 1.11 bits per heavy atom. The monoisotopic (exact) mass is 499 g/mol. The van der Waals surface area contributed by atoms with E-state index >= 15 is 0 Å². The maximum Gasteiger partial charge on any atom is 0.317 e. The van der Waals surface area contributed by atoms with E-state index in [9.17, 15) is 24.3 Å². The number of nitrogens with one attached hydrogen (secondary N) is 1. The van der Waals surface area contributed by atoms with Gasteiger partial charge in [0.05, 0.1) is 24.2 Å². The van der Waals surface area contributed by atoms with Crippen LogP contribution < -0.4 is 15.8 Å². The summed E-state index contributed by atoms with van der Waals surface area (Å²) in [7, 11) is 1.40. The standard InChI is InChI=1S/C25H33N5O6/c1-25(2,3)28-24(35)30-13-11-29(12-14-30)23(34)16(9-10-18(31)32)20-19(22(26)33)21(36-4)15-7-5-6-8-17(15)27-20/h5-8,16H,9-14H2,1-4H3,(H2,26,33)(H,28,35)(H,31,32). The van der Waals surface area contributed by atoms with Gasteiger partial charge in [0.2, 0.25) is 5.91 Å². The molecule has 11 nitrogen and oxygen atoms in total. The molecule has 1 aromatic heterocycles. The number of ether oxygens (including phenoxy) is 1. The Kier molecular flexibility index (Phi) is 8.01. The van der Waals surface area contributed by atoms with Crippen LogP contribution in [0.5, 0.6) is 5.75 Å². The fraction of sp³-hybridized carbons (Fsp3) is 0.480. The van der Waals surface area contributed by atoms with Crippen molar-refractivity contribution in [2.75, 3.05) is 33.3 Å². The molecular weight excluding hydrogens is 466 g/mol. The number of amides is 4. The molecule has 11 heteroatoms. The summed E-state index contributed by atoms with van der Waals surface area (Å²) in [5.74, 6) is -3.11. The number of methoxy groups -OCH3 is 1. The molecule has 1 unspecified atom stereocenters. The zero-order chi connectivity index (χ0) is 26.6. The molecule has 194 valence electrons. The third kappa shape index (κ3) is 6.02. The average molecular weight is 500 g/mol. The van der Waals surface area contributed by atoms with Crippen molar-refractivity contribution in [1.82, 2.24) is 20.1 Å². The predicted molar refractivity (Wildman–Crippen MR) is 133 cm³/mol. The zero-order valence-electron chi connectivity index (χ0n) is 21.0. The van der Waals surface area contributed by atoms with Crippen molar-refractivity contribution < 1.29 is 29.0 Å². The Hall–Kier alpha value is -3.89. The van der Waals surface area contributed by atoms with Gasteiger partial charge < -0.3 is 30.7 Å². The number of rotatable bonds is 7. The van der Waals surface area contributed by atoms with Gasteiger partial charge in [-0.05, 0) is 39.3 Å². The number of primary amides is 1. The van der Waals surface area contributed by atoms with Crippen molar-refractivity contribution in [3.05, 3.63) is 35.5 Å². The summed E-state index contributed by atoms with van der Waals surface area (Å²) in [6.45, 7) is 6.82. The lowest BCUT2D eigenvalue weighted by Gasteiger charge is -2.37. The first-order chi connectivity index (χ1) is 16.9. The largest absolute Gasteiger partial charge is 0.495 e. The number of nitrogens with two attached hydrogens (primary N) is 1. The summed E-state index contributed by atoms with van der Waals surface area (Å²) in [6, 6.07) is 6.76. The normalized spacial score (nSPS) is 14.9. The van der Waals surface area contributed by atoms with Gasteiger partial charge in [-0.15, -0.1) is 0 Å². The number of carbonyl (C=O) groups excluding carboxylic acids is 3. The molecule has 1 saturated heterocycles. The number of para-hydroxylation sites is 1. The minimum absolute atomic E-state index is 0.0388. The van der Waals surface area contributed by atoms with E-state index in [2.05, 4.69) is 10.3 Å². The lowest BCUT2D eigenvalue weighted by atomic mass is 9.91. The number of aliphatic carboxylic acids is 1. The smallest absolute Gasteiger partial charge is 0.317 e. The molecule has 0 spiro atoms. The SMILES string of the molecule is COc1c(C(N)=O)c(C(CCC(=O)O)C(=O)N2CCN(C(=O)NC(C)(C)C)CC2)nc2ccccc12. The van der Waals surface area contributed by atoms with E-state index in [4.69, 9.17) is 10.5 Å². The van der Waals surface area contributed by atoms with Gasteiger partial charge in [0, 0.05) is 43.5 Å². The molecule has 36 heavy (non-hydrogen) atoms. The number of hydrogen-bond acceptors (Lipinski definition) is 6. The van der Waals surface area contributed by atoms with E-state index in [-0.39, 0.29) is 54.9 Å². The number of pyridine rings is 1. The number of carboxylic acid groups (broad SMARTS) is 1. The molecule has 1 aliphatic heterocycles. The Balaban J connectivity index is 1.95. The molecule has 1 atom stereocenters. The van der Waals surface area contributed by atoms with Gasteiger partial charge in [0.15, 0.2) is 0 Å². The van der Waals surface area contributed by atoms with Gasteiger partial charge in [0.1, 0.15) is 11.3 Å². The fourth-order valence-corrected chi connectivity index (χ4v) is 4.30. The van der Waals surface area contributed by atoms with Crippen LogP contribution >= 0.6 is 0 Å². The summed E-state index contributed by atoms with van der Waals surface area (Å²) in [5, 5.41) is 12.8. The number of urea groups is 1. The van der Waals surface area contributed by atoms with Crippen molar-refractivity contribution in [1.29, 1.82) is 0 Å². The van der Waals surface area contributed by atoms with Crippen LogP contribution in [0.3, 0.4) is 0 Å². The summed E-state index contributed by atoms with van der Waals surface area (Å²) >= 11 is 0. The molecule has 2 heterocycles. The minimum atomic E-state index is -1.08. The Morgan fingerprint density at radius 3 is 2.28 bits per heavy atom. The van der Waals surface area contributed by atoms with Crippen LogP contribution in [0, 0.1) is 0 Å². The van der Waals surface area contributed by atoms with E-state index in [0.717, 1.165) is 0 Å². The Morgan fingerprint density at radius 2 is 1.72 bits per heavy atom. The van der Waals surface area contributed by atoms with E-state index in [1.165, 1.54) is 7.11 Å². The number of hydrogen-bond donors (Lipinski definition) is 3. The van der Waals surface area contributed by atoms with E-state index < -0.39 is 23.3 Å². The van der Waals surface area contributed by atoms with Crippen LogP contribution in [0.25, 0.3) is 10.9 Å². The number of benzene rings is 1. The number of aromatic nitrogens is 1. The van der Waals surface area contributed by atoms with Crippen molar-refractivity contribution >= 4 is 34.7 Å². The van der Waals surface area contributed by atoms with Crippen LogP contribution in [0.2, 0.25) is 0 Å². The van der Waals surface area contributed by atoms with Crippen LogP contribution in [-0.2, 0) is 9.59 Å². The molecule has 2 aromatic rings. The van der Waals surface area contributed by atoms with Crippen LogP contribution in [0.4, 0.5) is 4.79 Å². The first-order valence-corrected chi connectivity index (χ1v) is 11.8. The Bertz CT molecular complexity index is 1170. The molecule has 1 aliphatic rings. The third-order valence-electron chi connectivity index (χ3n) is 5.96. The predicted octanol–water partition coefficient (Wildman–Crippen LogP) is 1.94. The highest BCUT2D eigenvalue weighted by Crippen LogP contribution is 2.36. The van der Waals surface area contributed by atoms with E-state index in [1.54, 1.807) is 34.1 Å². The molecule has 0 aliphatic carbocycles. The summed E-state index contributed by atoms with van der Waals surface area (Å²) in [5.41, 5.74) is 5.86. The van der Waals surface area contributed by atoms with Crippen molar-refractivity contribution in [3.63, 3.8) is 0 Å².